The smallest absolute Gasteiger partial charge is 0.415 e. The quantitative estimate of drug-likeness (QED) is 0.530. The van der Waals surface area contributed by atoms with Gasteiger partial charge in [0, 0.05) is 11.9 Å². The Balaban J connectivity index is 1.86. The second-order valence-electron chi connectivity index (χ2n) is 9.57. The molecule has 3 aromatic rings. The summed E-state index contributed by atoms with van der Waals surface area (Å²) in [7, 11) is 0. The highest BCUT2D eigenvalue weighted by atomic mass is 19.1. The van der Waals surface area contributed by atoms with Crippen LogP contribution in [0.3, 0.4) is 0 Å². The maximum absolute atomic E-state index is 13.5. The number of ether oxygens (including phenoxy) is 1. The molecular weight excluding hydrogens is 393 g/mol. The normalized spacial score (nSPS) is 14.1. The molecule has 1 fully saturated rings. The van der Waals surface area contributed by atoms with Crippen LogP contribution in [-0.2, 0) is 17.7 Å². The third-order valence-corrected chi connectivity index (χ3v) is 5.70. The third kappa shape index (κ3) is 4.73. The van der Waals surface area contributed by atoms with Crippen molar-refractivity contribution in [1.29, 1.82) is 0 Å². The predicted octanol–water partition coefficient (Wildman–Crippen LogP) is 6.21. The number of pyridine rings is 1. The van der Waals surface area contributed by atoms with Crippen LogP contribution in [0.5, 0.6) is 0 Å². The molecule has 6 heteroatoms. The minimum absolute atomic E-state index is 0.281. The van der Waals surface area contributed by atoms with Gasteiger partial charge in [-0.15, -0.1) is 0 Å². The number of nitrogens with zero attached hydrogens (tertiary/aromatic N) is 2. The Labute approximate surface area is 182 Å². The molecule has 0 radical (unpaired) electrons. The van der Waals surface area contributed by atoms with Crippen LogP contribution in [0.4, 0.5) is 14.9 Å². The van der Waals surface area contributed by atoms with Crippen molar-refractivity contribution in [3.63, 3.8) is 0 Å². The number of nitrogens with one attached hydrogen (secondary N) is 1. The van der Waals surface area contributed by atoms with E-state index in [1.807, 2.05) is 40.8 Å². The molecule has 1 saturated carbocycles. The Bertz CT molecular complexity index is 1110. The highest BCUT2D eigenvalue weighted by Gasteiger charge is 2.31. The maximum atomic E-state index is 13.5. The van der Waals surface area contributed by atoms with Crippen molar-refractivity contribution in [2.24, 2.45) is 5.92 Å². The number of H-pyrrole nitrogens is 1. The van der Waals surface area contributed by atoms with Crippen LogP contribution in [0, 0.1) is 25.6 Å². The SMILES string of the molecule is Cc1[nH]c2c(N(Cc3ccc(F)cc3)C(=O)OC(C)(C)C)c(CC3CC3)cnc2c1C. The molecule has 0 spiro atoms. The van der Waals surface area contributed by atoms with Crippen molar-refractivity contribution < 1.29 is 13.9 Å². The fourth-order valence-corrected chi connectivity index (χ4v) is 3.82. The Morgan fingerprint density at radius 3 is 2.52 bits per heavy atom. The molecule has 1 aliphatic rings. The van der Waals surface area contributed by atoms with Crippen molar-refractivity contribution in [1.82, 2.24) is 9.97 Å². The Morgan fingerprint density at radius 2 is 1.90 bits per heavy atom. The number of benzene rings is 1. The van der Waals surface area contributed by atoms with E-state index in [-0.39, 0.29) is 12.4 Å². The molecule has 1 aromatic carbocycles. The molecule has 1 N–H and O–H groups in total. The number of rotatable bonds is 5. The molecule has 5 nitrogen and oxygen atoms in total. The first-order valence-corrected chi connectivity index (χ1v) is 10.8. The van der Waals surface area contributed by atoms with Gasteiger partial charge in [-0.3, -0.25) is 9.88 Å². The first-order valence-electron chi connectivity index (χ1n) is 10.8. The van der Waals surface area contributed by atoms with E-state index in [9.17, 15) is 9.18 Å². The molecule has 2 aromatic heterocycles. The number of hydrogen-bond donors (Lipinski definition) is 1. The summed E-state index contributed by atoms with van der Waals surface area (Å²) in [5.74, 6) is 0.324. The monoisotopic (exact) mass is 423 g/mol. The van der Waals surface area contributed by atoms with Gasteiger partial charge in [-0.25, -0.2) is 9.18 Å². The molecule has 31 heavy (non-hydrogen) atoms. The van der Waals surface area contributed by atoms with Crippen LogP contribution < -0.4 is 4.90 Å². The molecule has 164 valence electrons. The highest BCUT2D eigenvalue weighted by Crippen LogP contribution is 2.39. The summed E-state index contributed by atoms with van der Waals surface area (Å²) >= 11 is 0. The largest absolute Gasteiger partial charge is 0.443 e. The van der Waals surface area contributed by atoms with Crippen LogP contribution in [0.2, 0.25) is 0 Å². The summed E-state index contributed by atoms with van der Waals surface area (Å²) in [5.41, 5.74) is 5.84. The summed E-state index contributed by atoms with van der Waals surface area (Å²) in [6.07, 6.45) is 4.75. The van der Waals surface area contributed by atoms with Crippen molar-refractivity contribution >= 4 is 22.8 Å². The van der Waals surface area contributed by atoms with Crippen LogP contribution in [0.1, 0.15) is 56.0 Å². The van der Waals surface area contributed by atoms with Crippen LogP contribution in [0.15, 0.2) is 30.5 Å². The van der Waals surface area contributed by atoms with E-state index in [2.05, 4.69) is 4.98 Å². The molecule has 0 saturated heterocycles. The number of fused-ring (bicyclic) bond motifs is 1. The van der Waals surface area contributed by atoms with Crippen molar-refractivity contribution in [2.45, 2.75) is 66.0 Å². The first kappa shape index (κ1) is 21.3. The molecule has 0 unspecified atom stereocenters. The second-order valence-corrected chi connectivity index (χ2v) is 9.57. The number of aromatic nitrogens is 2. The van der Waals surface area contributed by atoms with Gasteiger partial charge in [0.1, 0.15) is 11.4 Å². The Kier molecular flexibility index (Phi) is 5.50. The number of anilines is 1. The average molecular weight is 424 g/mol. The number of amides is 1. The van der Waals surface area contributed by atoms with Gasteiger partial charge < -0.3 is 9.72 Å². The summed E-state index contributed by atoms with van der Waals surface area (Å²) in [4.78, 5) is 23.3. The summed E-state index contributed by atoms with van der Waals surface area (Å²) in [6, 6.07) is 6.24. The molecular formula is C25H30FN3O2. The van der Waals surface area contributed by atoms with Crippen LogP contribution in [-0.4, -0.2) is 21.7 Å². The van der Waals surface area contributed by atoms with Gasteiger partial charge in [-0.2, -0.15) is 0 Å². The van der Waals surface area contributed by atoms with Gasteiger partial charge in [0.2, 0.25) is 0 Å². The fourth-order valence-electron chi connectivity index (χ4n) is 3.82. The molecule has 1 aliphatic carbocycles. The van der Waals surface area contributed by atoms with Crippen LogP contribution >= 0.6 is 0 Å². The molecule has 1 amide bonds. The molecule has 0 aliphatic heterocycles. The van der Waals surface area contributed by atoms with Crippen molar-refractivity contribution in [3.8, 4) is 0 Å². The number of halogens is 1. The molecule has 0 atom stereocenters. The lowest BCUT2D eigenvalue weighted by molar-refractivity contribution is 0.0577. The van der Waals surface area contributed by atoms with Crippen molar-refractivity contribution in [2.75, 3.05) is 4.90 Å². The van der Waals surface area contributed by atoms with Gasteiger partial charge in [0.25, 0.3) is 0 Å². The topological polar surface area (TPSA) is 58.2 Å². The van der Waals surface area contributed by atoms with Gasteiger partial charge >= 0.3 is 6.09 Å². The van der Waals surface area contributed by atoms with E-state index >= 15 is 0 Å². The summed E-state index contributed by atoms with van der Waals surface area (Å²) in [5, 5.41) is 0. The number of aryl methyl sites for hydroxylation is 2. The fraction of sp³-hybridized carbons (Fsp3) is 0.440. The lowest BCUT2D eigenvalue weighted by Crippen LogP contribution is -2.37. The van der Waals surface area contributed by atoms with Gasteiger partial charge in [0.15, 0.2) is 0 Å². The maximum Gasteiger partial charge on any atom is 0.415 e. The lowest BCUT2D eigenvalue weighted by Gasteiger charge is -2.29. The summed E-state index contributed by atoms with van der Waals surface area (Å²) in [6.45, 7) is 9.90. The number of carbonyl (C=O) groups is 1. The molecule has 2 heterocycles. The Morgan fingerprint density at radius 1 is 1.23 bits per heavy atom. The second kappa shape index (κ2) is 7.98. The van der Waals surface area contributed by atoms with E-state index in [0.29, 0.717) is 5.92 Å². The van der Waals surface area contributed by atoms with E-state index in [1.165, 1.54) is 25.0 Å². The number of hydrogen-bond acceptors (Lipinski definition) is 3. The minimum atomic E-state index is -0.636. The van der Waals surface area contributed by atoms with E-state index in [0.717, 1.165) is 45.5 Å². The third-order valence-electron chi connectivity index (χ3n) is 5.70. The zero-order chi connectivity index (χ0) is 22.3. The Hall–Kier alpha value is -2.89. The molecule has 0 bridgehead atoms. The van der Waals surface area contributed by atoms with Crippen molar-refractivity contribution in [3.05, 3.63) is 58.7 Å². The van der Waals surface area contributed by atoms with Crippen LogP contribution in [0.25, 0.3) is 11.0 Å². The lowest BCUT2D eigenvalue weighted by atomic mass is 10.1. The number of aromatic amines is 1. The highest BCUT2D eigenvalue weighted by molar-refractivity contribution is 6.01. The first-order chi connectivity index (χ1) is 14.6. The van der Waals surface area contributed by atoms with Gasteiger partial charge in [0.05, 0.1) is 23.3 Å². The minimum Gasteiger partial charge on any atom is -0.443 e. The molecule has 4 rings (SSSR count). The van der Waals surface area contributed by atoms with E-state index in [4.69, 9.17) is 9.72 Å². The van der Waals surface area contributed by atoms with Gasteiger partial charge in [-0.1, -0.05) is 12.1 Å². The average Bonchev–Trinajstić information content (AvgIpc) is 3.45. The van der Waals surface area contributed by atoms with Gasteiger partial charge in [-0.05, 0) is 88.6 Å². The predicted molar refractivity (Wildman–Crippen MR) is 121 cm³/mol. The number of carbonyl (C=O) groups excluding carboxylic acids is 1. The van der Waals surface area contributed by atoms with E-state index < -0.39 is 11.7 Å². The zero-order valence-electron chi connectivity index (χ0n) is 18.9. The summed E-state index contributed by atoms with van der Waals surface area (Å²) < 4.78 is 19.3. The standard InChI is InChI=1S/C25H30FN3O2/c1-15-16(2)28-22-21(15)27-13-19(12-17-6-7-17)23(22)29(24(30)31-25(3,4)5)14-18-8-10-20(26)11-9-18/h8-11,13,17,28H,6-7,12,14H2,1-5H3. The van der Waals surface area contributed by atoms with E-state index in [1.54, 1.807) is 17.0 Å². The zero-order valence-corrected chi connectivity index (χ0v) is 18.9.